The highest BCUT2D eigenvalue weighted by atomic mass is 79.9. The second kappa shape index (κ2) is 16.9. The maximum Gasteiger partial charge on any atom is 0.295 e. The van der Waals surface area contributed by atoms with Crippen molar-refractivity contribution in [2.45, 2.75) is 103 Å². The van der Waals surface area contributed by atoms with Crippen LogP contribution in [0.2, 0.25) is 5.02 Å². The number of likely N-dealkylation sites (tertiary alicyclic amines) is 1. The molecule has 4 nitrogen and oxygen atoms in total. The van der Waals surface area contributed by atoms with Crippen molar-refractivity contribution < 1.29 is 14.7 Å². The van der Waals surface area contributed by atoms with Crippen molar-refractivity contribution in [3.63, 3.8) is 0 Å². The van der Waals surface area contributed by atoms with Crippen molar-refractivity contribution >= 4 is 45.0 Å². The maximum absolute atomic E-state index is 13.2. The number of carbonyl (C=O) groups excluding carboxylic acids is 2. The molecule has 1 saturated heterocycles. The van der Waals surface area contributed by atoms with E-state index in [-0.39, 0.29) is 11.3 Å². The number of benzene rings is 2. The number of carbonyl (C=O) groups is 2. The van der Waals surface area contributed by atoms with Crippen LogP contribution < -0.4 is 0 Å². The zero-order valence-corrected chi connectivity index (χ0v) is 25.6. The number of ketones is 1. The van der Waals surface area contributed by atoms with Gasteiger partial charge in [0.25, 0.3) is 11.7 Å². The SMILES string of the molecule is CCCCCCCCCCCCCCCCN1C(=O)C(=O)/C(=C(/O)c2ccc(Cl)cc2)C1c1ccc(Br)cc1. The Hall–Kier alpha value is -2.11. The number of amides is 1. The predicted molar refractivity (Wildman–Crippen MR) is 165 cm³/mol. The number of Topliss-reactive ketones (excluding diaryl/α,β-unsaturated/α-hetero) is 1. The summed E-state index contributed by atoms with van der Waals surface area (Å²) < 4.78 is 0.910. The summed E-state index contributed by atoms with van der Waals surface area (Å²) in [6.07, 6.45) is 17.7. The molecule has 3 rings (SSSR count). The Bertz CT molecular complexity index is 1080. The summed E-state index contributed by atoms with van der Waals surface area (Å²) in [5.74, 6) is -1.35. The lowest BCUT2D eigenvalue weighted by Gasteiger charge is -2.25. The normalized spacial score (nSPS) is 16.8. The minimum atomic E-state index is -0.638. The fraction of sp³-hybridized carbons (Fsp3) is 0.515. The molecule has 2 aromatic carbocycles. The van der Waals surface area contributed by atoms with Gasteiger partial charge in [0.15, 0.2) is 0 Å². The van der Waals surface area contributed by atoms with E-state index in [2.05, 4.69) is 22.9 Å². The molecule has 1 unspecified atom stereocenters. The van der Waals surface area contributed by atoms with Gasteiger partial charge in [-0.1, -0.05) is 130 Å². The van der Waals surface area contributed by atoms with Gasteiger partial charge in [-0.3, -0.25) is 9.59 Å². The molecule has 1 aliphatic rings. The van der Waals surface area contributed by atoms with Crippen molar-refractivity contribution in [3.8, 4) is 0 Å². The van der Waals surface area contributed by atoms with Gasteiger partial charge in [0.1, 0.15) is 5.76 Å². The maximum atomic E-state index is 13.2. The molecule has 2 aromatic rings. The molecule has 0 aromatic heterocycles. The van der Waals surface area contributed by atoms with E-state index < -0.39 is 17.7 Å². The number of halogens is 2. The summed E-state index contributed by atoms with van der Waals surface area (Å²) in [6, 6.07) is 13.6. The van der Waals surface area contributed by atoms with E-state index in [1.165, 1.54) is 70.6 Å². The molecule has 1 N–H and O–H groups in total. The highest BCUT2D eigenvalue weighted by Crippen LogP contribution is 2.40. The van der Waals surface area contributed by atoms with Gasteiger partial charge in [0, 0.05) is 21.6 Å². The van der Waals surface area contributed by atoms with Gasteiger partial charge < -0.3 is 10.0 Å². The van der Waals surface area contributed by atoms with E-state index in [1.807, 2.05) is 24.3 Å². The van der Waals surface area contributed by atoms with Crippen LogP contribution in [0.15, 0.2) is 58.6 Å². The third-order valence-corrected chi connectivity index (χ3v) is 8.38. The van der Waals surface area contributed by atoms with Gasteiger partial charge >= 0.3 is 0 Å². The molecule has 39 heavy (non-hydrogen) atoms. The lowest BCUT2D eigenvalue weighted by atomic mass is 9.95. The van der Waals surface area contributed by atoms with Crippen LogP contribution in [-0.2, 0) is 9.59 Å². The number of aliphatic hydroxyl groups excluding tert-OH is 1. The van der Waals surface area contributed by atoms with Crippen LogP contribution in [0.4, 0.5) is 0 Å². The molecule has 0 bridgehead atoms. The summed E-state index contributed by atoms with van der Waals surface area (Å²) in [6.45, 7) is 2.75. The minimum absolute atomic E-state index is 0.134. The van der Waals surface area contributed by atoms with Crippen LogP contribution in [-0.4, -0.2) is 28.2 Å². The zero-order chi connectivity index (χ0) is 28.0. The number of hydrogen-bond acceptors (Lipinski definition) is 3. The van der Waals surface area contributed by atoms with E-state index in [0.717, 1.165) is 29.3 Å². The Labute approximate surface area is 248 Å². The smallest absolute Gasteiger partial charge is 0.295 e. The lowest BCUT2D eigenvalue weighted by Crippen LogP contribution is -2.30. The first-order chi connectivity index (χ1) is 18.9. The first-order valence-corrected chi connectivity index (χ1v) is 15.9. The van der Waals surface area contributed by atoms with E-state index in [9.17, 15) is 14.7 Å². The molecule has 0 saturated carbocycles. The van der Waals surface area contributed by atoms with Crippen molar-refractivity contribution in [1.82, 2.24) is 4.90 Å². The lowest BCUT2D eigenvalue weighted by molar-refractivity contribution is -0.139. The van der Waals surface area contributed by atoms with Crippen LogP contribution in [0.25, 0.3) is 5.76 Å². The van der Waals surface area contributed by atoms with E-state index in [4.69, 9.17) is 11.6 Å². The first-order valence-electron chi connectivity index (χ1n) is 14.7. The van der Waals surface area contributed by atoms with Crippen LogP contribution >= 0.6 is 27.5 Å². The predicted octanol–water partition coefficient (Wildman–Crippen LogP) is 10.0. The molecular weight excluding hydrogens is 574 g/mol. The minimum Gasteiger partial charge on any atom is -0.507 e. The monoisotopic (exact) mass is 615 g/mol. The summed E-state index contributed by atoms with van der Waals surface area (Å²) in [4.78, 5) is 27.9. The van der Waals surface area contributed by atoms with E-state index in [0.29, 0.717) is 17.1 Å². The summed E-state index contributed by atoms with van der Waals surface area (Å²) in [5, 5.41) is 11.7. The van der Waals surface area contributed by atoms with E-state index >= 15 is 0 Å². The van der Waals surface area contributed by atoms with Crippen LogP contribution in [0.5, 0.6) is 0 Å². The number of nitrogens with zero attached hydrogens (tertiary/aromatic N) is 1. The van der Waals surface area contributed by atoms with Crippen molar-refractivity contribution in [2.75, 3.05) is 6.54 Å². The number of hydrogen-bond donors (Lipinski definition) is 1. The molecule has 0 aliphatic carbocycles. The van der Waals surface area contributed by atoms with Crippen molar-refractivity contribution in [1.29, 1.82) is 0 Å². The standard InChI is InChI=1S/C33H43BrClNO3/c1-2-3-4-5-6-7-8-9-10-11-12-13-14-15-24-36-30(25-16-20-27(34)21-17-25)29(32(38)33(36)39)31(37)26-18-22-28(35)23-19-26/h16-23,30,37H,2-15,24H2,1H3/b31-29+. The average Bonchev–Trinajstić information content (AvgIpc) is 3.18. The quantitative estimate of drug-likeness (QED) is 0.0833. The average molecular weight is 617 g/mol. The van der Waals surface area contributed by atoms with Crippen molar-refractivity contribution in [3.05, 3.63) is 74.7 Å². The van der Waals surface area contributed by atoms with Gasteiger partial charge in [-0.05, 0) is 48.4 Å². The summed E-state index contributed by atoms with van der Waals surface area (Å²) in [5.41, 5.74) is 1.41. The fourth-order valence-electron chi connectivity index (χ4n) is 5.34. The molecule has 1 heterocycles. The Morgan fingerprint density at radius 2 is 1.26 bits per heavy atom. The molecule has 6 heteroatoms. The Morgan fingerprint density at radius 3 is 1.77 bits per heavy atom. The topological polar surface area (TPSA) is 57.6 Å². The molecule has 1 fully saturated rings. The largest absolute Gasteiger partial charge is 0.507 e. The number of rotatable bonds is 17. The molecule has 0 spiro atoms. The van der Waals surface area contributed by atoms with Gasteiger partial charge in [-0.15, -0.1) is 0 Å². The Balaban J connectivity index is 1.52. The van der Waals surface area contributed by atoms with Crippen LogP contribution in [0.1, 0.15) is 114 Å². The van der Waals surface area contributed by atoms with Gasteiger partial charge in [-0.25, -0.2) is 0 Å². The number of unbranched alkanes of at least 4 members (excludes halogenated alkanes) is 13. The first kappa shape index (κ1) is 31.4. The highest BCUT2D eigenvalue weighted by Gasteiger charge is 2.45. The molecule has 212 valence electrons. The van der Waals surface area contributed by atoms with Gasteiger partial charge in [-0.2, -0.15) is 0 Å². The summed E-state index contributed by atoms with van der Waals surface area (Å²) in [7, 11) is 0. The molecule has 0 radical (unpaired) electrons. The van der Waals surface area contributed by atoms with Gasteiger partial charge in [0.2, 0.25) is 0 Å². The highest BCUT2D eigenvalue weighted by molar-refractivity contribution is 9.10. The zero-order valence-electron chi connectivity index (χ0n) is 23.3. The second-order valence-electron chi connectivity index (χ2n) is 10.6. The summed E-state index contributed by atoms with van der Waals surface area (Å²) >= 11 is 9.47. The molecular formula is C33H43BrClNO3. The van der Waals surface area contributed by atoms with Crippen molar-refractivity contribution in [2.24, 2.45) is 0 Å². The third kappa shape index (κ3) is 9.49. The Kier molecular flexibility index (Phi) is 13.6. The fourth-order valence-corrected chi connectivity index (χ4v) is 5.73. The third-order valence-electron chi connectivity index (χ3n) is 7.60. The number of aliphatic hydroxyl groups is 1. The second-order valence-corrected chi connectivity index (χ2v) is 12.0. The Morgan fingerprint density at radius 1 is 0.769 bits per heavy atom. The van der Waals surface area contributed by atoms with Crippen LogP contribution in [0, 0.1) is 0 Å². The van der Waals surface area contributed by atoms with Crippen LogP contribution in [0.3, 0.4) is 0 Å². The molecule has 1 aliphatic heterocycles. The van der Waals surface area contributed by atoms with Gasteiger partial charge in [0.05, 0.1) is 11.6 Å². The molecule has 1 amide bonds. The van der Waals surface area contributed by atoms with E-state index in [1.54, 1.807) is 29.2 Å². The molecule has 1 atom stereocenters.